The summed E-state index contributed by atoms with van der Waals surface area (Å²) in [5.41, 5.74) is 1.73. The lowest BCUT2D eigenvalue weighted by atomic mass is 9.78. The van der Waals surface area contributed by atoms with Crippen molar-refractivity contribution in [3.05, 3.63) is 35.6 Å². The van der Waals surface area contributed by atoms with Crippen LogP contribution in [0.5, 0.6) is 0 Å². The van der Waals surface area contributed by atoms with E-state index in [1.54, 1.807) is 12.1 Å². The second kappa shape index (κ2) is 7.37. The Balaban J connectivity index is 1.83. The fourth-order valence-electron chi connectivity index (χ4n) is 3.15. The summed E-state index contributed by atoms with van der Waals surface area (Å²) in [6.07, 6.45) is 4.98. The maximum absolute atomic E-state index is 13.0. The molecule has 1 aromatic carbocycles. The van der Waals surface area contributed by atoms with Crippen LogP contribution in [0.4, 0.5) is 4.39 Å². The monoisotopic (exact) mass is 292 g/mol. The minimum atomic E-state index is -0.163. The predicted molar refractivity (Wildman–Crippen MR) is 86.9 cm³/mol. The highest BCUT2D eigenvalue weighted by Crippen LogP contribution is 2.34. The molecule has 0 bridgehead atoms. The molecule has 0 radical (unpaired) electrons. The van der Waals surface area contributed by atoms with E-state index in [-0.39, 0.29) is 5.82 Å². The number of nitrogens with zero attached hydrogens (tertiary/aromatic N) is 1. The Kier molecular flexibility index (Phi) is 5.77. The highest BCUT2D eigenvalue weighted by molar-refractivity contribution is 5.19. The van der Waals surface area contributed by atoms with Crippen LogP contribution in [-0.4, -0.2) is 31.6 Å². The Hall–Kier alpha value is -0.930. The van der Waals surface area contributed by atoms with Gasteiger partial charge in [0.05, 0.1) is 0 Å². The maximum Gasteiger partial charge on any atom is 0.123 e. The van der Waals surface area contributed by atoms with Crippen LogP contribution in [0.2, 0.25) is 0 Å². The van der Waals surface area contributed by atoms with Crippen molar-refractivity contribution in [2.45, 2.75) is 45.6 Å². The van der Waals surface area contributed by atoms with Crippen molar-refractivity contribution in [2.24, 2.45) is 5.41 Å². The molecule has 118 valence electrons. The number of rotatable bonds is 6. The highest BCUT2D eigenvalue weighted by atomic mass is 19.1. The number of benzene rings is 1. The van der Waals surface area contributed by atoms with Gasteiger partial charge in [-0.2, -0.15) is 0 Å². The van der Waals surface area contributed by atoms with Crippen molar-refractivity contribution >= 4 is 0 Å². The normalized spacial score (nSPS) is 20.4. The first-order valence-electron chi connectivity index (χ1n) is 8.21. The summed E-state index contributed by atoms with van der Waals surface area (Å²) >= 11 is 0. The molecule has 1 unspecified atom stereocenters. The molecule has 0 amide bonds. The largest absolute Gasteiger partial charge is 0.313 e. The van der Waals surface area contributed by atoms with Gasteiger partial charge in [0, 0.05) is 6.04 Å². The molecule has 1 aliphatic heterocycles. The molecule has 1 N–H and O–H groups in total. The third-order valence-corrected chi connectivity index (χ3v) is 5.27. The second-order valence-corrected chi connectivity index (χ2v) is 6.69. The van der Waals surface area contributed by atoms with Gasteiger partial charge in [-0.05, 0) is 69.1 Å². The third-order valence-electron chi connectivity index (χ3n) is 5.27. The van der Waals surface area contributed by atoms with Gasteiger partial charge in [0.2, 0.25) is 0 Å². The maximum atomic E-state index is 13.0. The molecule has 0 aromatic heterocycles. The number of hydrogen-bond donors (Lipinski definition) is 1. The van der Waals surface area contributed by atoms with Crippen LogP contribution in [0.3, 0.4) is 0 Å². The molecule has 1 fully saturated rings. The first-order chi connectivity index (χ1) is 10.1. The molecular formula is C18H29FN2. The van der Waals surface area contributed by atoms with Gasteiger partial charge < -0.3 is 10.2 Å². The van der Waals surface area contributed by atoms with E-state index in [4.69, 9.17) is 0 Å². The van der Waals surface area contributed by atoms with Crippen molar-refractivity contribution in [3.63, 3.8) is 0 Å². The van der Waals surface area contributed by atoms with Gasteiger partial charge in [-0.3, -0.25) is 0 Å². The molecule has 2 rings (SSSR count). The first kappa shape index (κ1) is 16.4. The quantitative estimate of drug-likeness (QED) is 0.853. The molecular weight excluding hydrogens is 263 g/mol. The molecule has 1 saturated heterocycles. The minimum absolute atomic E-state index is 0.163. The van der Waals surface area contributed by atoms with Crippen LogP contribution in [0.15, 0.2) is 24.3 Å². The molecule has 0 aliphatic carbocycles. The lowest BCUT2D eigenvalue weighted by Crippen LogP contribution is -2.39. The van der Waals surface area contributed by atoms with Gasteiger partial charge in [0.25, 0.3) is 0 Å². The number of likely N-dealkylation sites (tertiary alicyclic amines) is 1. The fourth-order valence-corrected chi connectivity index (χ4v) is 3.15. The van der Waals surface area contributed by atoms with Crippen LogP contribution in [-0.2, 0) is 0 Å². The van der Waals surface area contributed by atoms with Crippen molar-refractivity contribution in [1.82, 2.24) is 10.2 Å². The van der Waals surface area contributed by atoms with Crippen LogP contribution in [0, 0.1) is 11.2 Å². The molecule has 21 heavy (non-hydrogen) atoms. The molecule has 1 heterocycles. The molecule has 0 spiro atoms. The smallest absolute Gasteiger partial charge is 0.123 e. The Morgan fingerprint density at radius 1 is 1.24 bits per heavy atom. The van der Waals surface area contributed by atoms with E-state index >= 15 is 0 Å². The topological polar surface area (TPSA) is 15.3 Å². The van der Waals surface area contributed by atoms with Gasteiger partial charge in [-0.25, -0.2) is 4.39 Å². The zero-order chi connectivity index (χ0) is 15.3. The van der Waals surface area contributed by atoms with Crippen molar-refractivity contribution < 1.29 is 4.39 Å². The van der Waals surface area contributed by atoms with Gasteiger partial charge in [-0.1, -0.05) is 32.4 Å². The fraction of sp³-hybridized carbons (Fsp3) is 0.667. The predicted octanol–water partition coefficient (Wildman–Crippen LogP) is 3.99. The summed E-state index contributed by atoms with van der Waals surface area (Å²) in [4.78, 5) is 2.57. The zero-order valence-corrected chi connectivity index (χ0v) is 13.7. The standard InChI is InChI=1S/C18H29FN2/c1-4-18(2)10-13-21(14-11-18)12-9-17(20-3)15-5-7-16(19)8-6-15/h5-8,17,20H,4,9-14H2,1-3H3. The first-order valence-corrected chi connectivity index (χ1v) is 8.21. The Morgan fingerprint density at radius 3 is 2.38 bits per heavy atom. The van der Waals surface area contributed by atoms with Crippen LogP contribution >= 0.6 is 0 Å². The average molecular weight is 292 g/mol. The van der Waals surface area contributed by atoms with Crippen molar-refractivity contribution in [2.75, 3.05) is 26.7 Å². The SMILES string of the molecule is CCC1(C)CCN(CCC(NC)c2ccc(F)cc2)CC1. The van der Waals surface area contributed by atoms with E-state index in [1.807, 2.05) is 19.2 Å². The molecule has 1 aromatic rings. The lowest BCUT2D eigenvalue weighted by molar-refractivity contribution is 0.111. The summed E-state index contributed by atoms with van der Waals surface area (Å²) in [6.45, 7) is 8.26. The van der Waals surface area contributed by atoms with Gasteiger partial charge in [-0.15, -0.1) is 0 Å². The van der Waals surface area contributed by atoms with E-state index < -0.39 is 0 Å². The lowest BCUT2D eigenvalue weighted by Gasteiger charge is -2.39. The van der Waals surface area contributed by atoms with E-state index in [1.165, 1.54) is 37.9 Å². The molecule has 1 atom stereocenters. The summed E-state index contributed by atoms with van der Waals surface area (Å²) in [7, 11) is 1.98. The van der Waals surface area contributed by atoms with E-state index in [2.05, 4.69) is 24.1 Å². The second-order valence-electron chi connectivity index (χ2n) is 6.69. The number of nitrogens with one attached hydrogen (secondary N) is 1. The van der Waals surface area contributed by atoms with Crippen molar-refractivity contribution in [3.8, 4) is 0 Å². The summed E-state index contributed by atoms with van der Waals surface area (Å²) in [6, 6.07) is 7.19. The van der Waals surface area contributed by atoms with Crippen LogP contribution < -0.4 is 5.32 Å². The zero-order valence-electron chi connectivity index (χ0n) is 13.7. The van der Waals surface area contributed by atoms with E-state index in [0.717, 1.165) is 13.0 Å². The highest BCUT2D eigenvalue weighted by Gasteiger charge is 2.28. The Labute approximate surface area is 128 Å². The molecule has 2 nitrogen and oxygen atoms in total. The van der Waals surface area contributed by atoms with E-state index in [9.17, 15) is 4.39 Å². The number of halogens is 1. The Morgan fingerprint density at radius 2 is 1.86 bits per heavy atom. The molecule has 1 aliphatic rings. The summed E-state index contributed by atoms with van der Waals surface area (Å²) in [5.74, 6) is -0.163. The van der Waals surface area contributed by atoms with Gasteiger partial charge in [0.1, 0.15) is 5.82 Å². The van der Waals surface area contributed by atoms with Crippen molar-refractivity contribution in [1.29, 1.82) is 0 Å². The average Bonchev–Trinajstić information content (AvgIpc) is 2.51. The summed E-state index contributed by atoms with van der Waals surface area (Å²) in [5, 5.41) is 3.36. The van der Waals surface area contributed by atoms with Gasteiger partial charge in [0.15, 0.2) is 0 Å². The summed E-state index contributed by atoms with van der Waals surface area (Å²) < 4.78 is 13.0. The number of piperidine rings is 1. The van der Waals surface area contributed by atoms with Gasteiger partial charge >= 0.3 is 0 Å². The molecule has 3 heteroatoms. The molecule has 0 saturated carbocycles. The van der Waals surface area contributed by atoms with Crippen LogP contribution in [0.1, 0.15) is 51.1 Å². The van der Waals surface area contributed by atoms with E-state index in [0.29, 0.717) is 11.5 Å². The third kappa shape index (κ3) is 4.52. The minimum Gasteiger partial charge on any atom is -0.313 e. The number of hydrogen-bond acceptors (Lipinski definition) is 2. The van der Waals surface area contributed by atoms with Crippen LogP contribution in [0.25, 0.3) is 0 Å². The Bertz CT molecular complexity index is 421.